The Morgan fingerprint density at radius 2 is 2.00 bits per heavy atom. The average molecular weight is 424 g/mol. The summed E-state index contributed by atoms with van der Waals surface area (Å²) in [5, 5.41) is 13.7. The van der Waals surface area contributed by atoms with Gasteiger partial charge in [-0.3, -0.25) is 5.43 Å². The van der Waals surface area contributed by atoms with Crippen molar-refractivity contribution in [3.05, 3.63) is 51.0 Å². The fraction of sp³-hybridized carbons (Fsp3) is 0.133. The molecule has 0 spiro atoms. The number of alkyl halides is 3. The summed E-state index contributed by atoms with van der Waals surface area (Å²) < 4.78 is 43.5. The molecule has 0 aliphatic heterocycles. The second-order valence-electron chi connectivity index (χ2n) is 4.62. The highest BCUT2D eigenvalue weighted by molar-refractivity contribution is 9.10. The van der Waals surface area contributed by atoms with Gasteiger partial charge in [0.1, 0.15) is 0 Å². The van der Waals surface area contributed by atoms with Crippen LogP contribution in [0, 0.1) is 0 Å². The molecular weight excluding hydrogens is 413 g/mol. The Bertz CT molecular complexity index is 782. The normalized spacial score (nSPS) is 11.8. The lowest BCUT2D eigenvalue weighted by Gasteiger charge is -2.10. The number of hydrogen-bond acceptors (Lipinski definition) is 4. The summed E-state index contributed by atoms with van der Waals surface area (Å²) in [7, 11) is 1.39. The molecule has 0 amide bonds. The number of ether oxygens (including phenoxy) is 1. The zero-order valence-electron chi connectivity index (χ0n) is 12.2. The van der Waals surface area contributed by atoms with Gasteiger partial charge in [0.2, 0.25) is 0 Å². The van der Waals surface area contributed by atoms with Gasteiger partial charge in [-0.05, 0) is 51.8 Å². The number of hydrogen-bond donors (Lipinski definition) is 2. The molecule has 0 unspecified atom stereocenters. The van der Waals surface area contributed by atoms with Gasteiger partial charge in [0.15, 0.2) is 11.5 Å². The van der Waals surface area contributed by atoms with E-state index in [2.05, 4.69) is 26.5 Å². The van der Waals surface area contributed by atoms with Crippen molar-refractivity contribution in [2.24, 2.45) is 5.10 Å². The molecule has 0 bridgehead atoms. The van der Waals surface area contributed by atoms with Crippen LogP contribution in [0.3, 0.4) is 0 Å². The first-order chi connectivity index (χ1) is 11.2. The summed E-state index contributed by atoms with van der Waals surface area (Å²) >= 11 is 9.02. The van der Waals surface area contributed by atoms with E-state index in [-0.39, 0.29) is 22.2 Å². The second-order valence-corrected chi connectivity index (χ2v) is 5.88. The molecule has 0 fully saturated rings. The summed E-state index contributed by atoms with van der Waals surface area (Å²) in [5.41, 5.74) is 2.20. The largest absolute Gasteiger partial charge is 0.503 e. The van der Waals surface area contributed by atoms with Gasteiger partial charge in [-0.25, -0.2) is 0 Å². The molecule has 2 aromatic rings. The van der Waals surface area contributed by atoms with Crippen LogP contribution in [0.5, 0.6) is 11.5 Å². The lowest BCUT2D eigenvalue weighted by Crippen LogP contribution is -2.05. The molecule has 128 valence electrons. The standard InChI is InChI=1S/C15H11BrClF3N2O2/c1-24-13-5-8(4-10(16)14(13)23)7-21-22-12-6-9(15(18,19)20)2-3-11(12)17/h2-7,22-23H,1H3/b21-7+. The summed E-state index contributed by atoms with van der Waals surface area (Å²) in [5.74, 6) is 0.159. The van der Waals surface area contributed by atoms with Crippen LogP contribution in [-0.4, -0.2) is 18.4 Å². The minimum Gasteiger partial charge on any atom is -0.503 e. The van der Waals surface area contributed by atoms with Crippen molar-refractivity contribution in [3.63, 3.8) is 0 Å². The Hall–Kier alpha value is -1.93. The lowest BCUT2D eigenvalue weighted by molar-refractivity contribution is -0.137. The number of halogens is 5. The number of phenols is 1. The number of anilines is 1. The zero-order chi connectivity index (χ0) is 17.9. The van der Waals surface area contributed by atoms with E-state index in [9.17, 15) is 18.3 Å². The molecule has 0 radical (unpaired) electrons. The number of benzene rings is 2. The second kappa shape index (κ2) is 7.31. The molecule has 0 aliphatic carbocycles. The molecule has 0 saturated heterocycles. The summed E-state index contributed by atoms with van der Waals surface area (Å²) in [6, 6.07) is 5.98. The van der Waals surface area contributed by atoms with Crippen molar-refractivity contribution in [2.45, 2.75) is 6.18 Å². The molecular formula is C15H11BrClF3N2O2. The Labute approximate surface area is 149 Å². The van der Waals surface area contributed by atoms with Crippen LogP contribution in [0.25, 0.3) is 0 Å². The highest BCUT2D eigenvalue weighted by atomic mass is 79.9. The number of nitrogens with zero attached hydrogens (tertiary/aromatic N) is 1. The first-order valence-electron chi connectivity index (χ1n) is 6.44. The van der Waals surface area contributed by atoms with Gasteiger partial charge in [0.05, 0.1) is 34.1 Å². The van der Waals surface area contributed by atoms with Gasteiger partial charge >= 0.3 is 6.18 Å². The van der Waals surface area contributed by atoms with Crippen molar-refractivity contribution in [3.8, 4) is 11.5 Å². The van der Waals surface area contributed by atoms with Gasteiger partial charge in [0, 0.05) is 0 Å². The highest BCUT2D eigenvalue weighted by Crippen LogP contribution is 2.35. The first-order valence-corrected chi connectivity index (χ1v) is 7.62. The maximum Gasteiger partial charge on any atom is 0.416 e. The number of rotatable bonds is 4. The van der Waals surface area contributed by atoms with Gasteiger partial charge in [-0.2, -0.15) is 18.3 Å². The molecule has 2 rings (SSSR count). The predicted octanol–water partition coefficient (Wildman–Crippen LogP) is 5.28. The van der Waals surface area contributed by atoms with Gasteiger partial charge < -0.3 is 9.84 Å². The van der Waals surface area contributed by atoms with E-state index in [0.717, 1.165) is 18.2 Å². The molecule has 0 saturated carbocycles. The van der Waals surface area contributed by atoms with Crippen molar-refractivity contribution < 1.29 is 23.0 Å². The van der Waals surface area contributed by atoms with E-state index in [1.807, 2.05) is 0 Å². The smallest absolute Gasteiger partial charge is 0.416 e. The molecule has 4 nitrogen and oxygen atoms in total. The fourth-order valence-electron chi connectivity index (χ4n) is 1.79. The van der Waals surface area contributed by atoms with Crippen LogP contribution in [-0.2, 0) is 6.18 Å². The van der Waals surface area contributed by atoms with Crippen LogP contribution in [0.15, 0.2) is 39.9 Å². The minimum absolute atomic E-state index is 0.0209. The molecule has 0 heterocycles. The van der Waals surface area contributed by atoms with Crippen LogP contribution in [0.4, 0.5) is 18.9 Å². The van der Waals surface area contributed by atoms with E-state index in [1.165, 1.54) is 19.4 Å². The third-order valence-corrected chi connectivity index (χ3v) is 3.90. The van der Waals surface area contributed by atoms with E-state index in [0.29, 0.717) is 10.0 Å². The highest BCUT2D eigenvalue weighted by Gasteiger charge is 2.30. The molecule has 0 atom stereocenters. The molecule has 0 aromatic heterocycles. The maximum absolute atomic E-state index is 12.7. The zero-order valence-corrected chi connectivity index (χ0v) is 14.5. The van der Waals surface area contributed by atoms with Crippen molar-refractivity contribution >= 4 is 39.4 Å². The third-order valence-electron chi connectivity index (χ3n) is 2.96. The maximum atomic E-state index is 12.7. The van der Waals surface area contributed by atoms with Gasteiger partial charge in [-0.1, -0.05) is 11.6 Å². The summed E-state index contributed by atoms with van der Waals surface area (Å²) in [6.45, 7) is 0. The average Bonchev–Trinajstić information content (AvgIpc) is 2.51. The van der Waals surface area contributed by atoms with Gasteiger partial charge in [0.25, 0.3) is 0 Å². The Kier molecular flexibility index (Phi) is 5.61. The number of methoxy groups -OCH3 is 1. The van der Waals surface area contributed by atoms with E-state index in [1.54, 1.807) is 6.07 Å². The van der Waals surface area contributed by atoms with Gasteiger partial charge in [-0.15, -0.1) is 0 Å². The van der Waals surface area contributed by atoms with Crippen LogP contribution in [0.2, 0.25) is 5.02 Å². The molecule has 2 aromatic carbocycles. The van der Waals surface area contributed by atoms with Crippen molar-refractivity contribution in [1.82, 2.24) is 0 Å². The third kappa shape index (κ3) is 4.33. The van der Waals surface area contributed by atoms with E-state index in [4.69, 9.17) is 16.3 Å². The van der Waals surface area contributed by atoms with E-state index < -0.39 is 11.7 Å². The number of nitrogens with one attached hydrogen (secondary N) is 1. The quantitative estimate of drug-likeness (QED) is 0.519. The Morgan fingerprint density at radius 3 is 2.62 bits per heavy atom. The number of aromatic hydroxyl groups is 1. The lowest BCUT2D eigenvalue weighted by atomic mass is 10.2. The number of hydrazone groups is 1. The first kappa shape index (κ1) is 18.4. The van der Waals surface area contributed by atoms with Crippen molar-refractivity contribution in [2.75, 3.05) is 12.5 Å². The molecule has 0 aliphatic rings. The topological polar surface area (TPSA) is 53.8 Å². The Morgan fingerprint density at radius 1 is 1.29 bits per heavy atom. The number of phenolic OH excluding ortho intramolecular Hbond substituents is 1. The Balaban J connectivity index is 2.22. The van der Waals surface area contributed by atoms with Crippen LogP contribution >= 0.6 is 27.5 Å². The summed E-state index contributed by atoms with van der Waals surface area (Å²) in [6.07, 6.45) is -3.12. The van der Waals surface area contributed by atoms with Crippen LogP contribution in [0.1, 0.15) is 11.1 Å². The van der Waals surface area contributed by atoms with Crippen molar-refractivity contribution in [1.29, 1.82) is 0 Å². The van der Waals surface area contributed by atoms with Crippen LogP contribution < -0.4 is 10.2 Å². The monoisotopic (exact) mass is 422 g/mol. The fourth-order valence-corrected chi connectivity index (χ4v) is 2.41. The minimum atomic E-state index is -4.47. The molecule has 24 heavy (non-hydrogen) atoms. The molecule has 9 heteroatoms. The SMILES string of the molecule is COc1cc(/C=N/Nc2cc(C(F)(F)F)ccc2Cl)cc(Br)c1O. The summed E-state index contributed by atoms with van der Waals surface area (Å²) in [4.78, 5) is 0. The van der Waals surface area contributed by atoms with E-state index >= 15 is 0 Å². The molecule has 2 N–H and O–H groups in total. The predicted molar refractivity (Wildman–Crippen MR) is 90.0 cm³/mol.